The number of carbonyl (C=O) groups is 2. The van der Waals surface area contributed by atoms with Crippen molar-refractivity contribution in [2.24, 2.45) is 5.16 Å². The van der Waals surface area contributed by atoms with Crippen molar-refractivity contribution in [2.75, 3.05) is 6.61 Å². The summed E-state index contributed by atoms with van der Waals surface area (Å²) in [5.74, 6) is -3.03. The molecular weight excluding hydrogens is 379 g/mol. The normalized spacial score (nSPS) is 21.6. The molecule has 0 fully saturated rings. The minimum absolute atomic E-state index is 0.0498. The van der Waals surface area contributed by atoms with Gasteiger partial charge in [0.15, 0.2) is 6.23 Å². The molecule has 1 aliphatic rings. The molecule has 5 N–H and O–H groups in total. The standard InChI is InChI=1S/C15H19BN2O8S/c19-12(20)7-9-3-1-5-11(16(24)26-9)17-15(23)14(10-4-2-6-27-10)18-25-8-13(21)22/h1-4,6,9,11,15,17,23-24H,5,7-8H2,(H,19,20)(H,21,22)/b18-14+/t9-,11+,15?/m1/s1. The molecule has 12 heteroatoms. The molecule has 2 rings (SSSR count). The van der Waals surface area contributed by atoms with Crippen LogP contribution in [0.25, 0.3) is 0 Å². The molecule has 0 saturated heterocycles. The van der Waals surface area contributed by atoms with Crippen LogP contribution in [0.3, 0.4) is 0 Å². The molecule has 10 nitrogen and oxygen atoms in total. The maximum Gasteiger partial charge on any atom is 0.473 e. The number of hydrogen-bond acceptors (Lipinski definition) is 9. The fourth-order valence-electron chi connectivity index (χ4n) is 2.34. The van der Waals surface area contributed by atoms with E-state index in [1.165, 1.54) is 17.4 Å². The van der Waals surface area contributed by atoms with Crippen LogP contribution in [0.15, 0.2) is 34.8 Å². The fraction of sp³-hybridized carbons (Fsp3) is 0.400. The lowest BCUT2D eigenvalue weighted by Gasteiger charge is -2.23. The average Bonchev–Trinajstić information content (AvgIpc) is 3.05. The molecule has 0 aromatic carbocycles. The molecule has 0 amide bonds. The maximum absolute atomic E-state index is 10.8. The molecule has 1 unspecified atom stereocenters. The topological polar surface area (TPSA) is 158 Å². The Morgan fingerprint density at radius 2 is 2.22 bits per heavy atom. The van der Waals surface area contributed by atoms with E-state index in [1.807, 2.05) is 0 Å². The lowest BCUT2D eigenvalue weighted by Crippen LogP contribution is -2.52. The number of nitrogens with zero attached hydrogens (tertiary/aromatic N) is 1. The molecule has 0 radical (unpaired) electrons. The molecule has 3 atom stereocenters. The molecule has 146 valence electrons. The highest BCUT2D eigenvalue weighted by Gasteiger charge is 2.34. The number of carboxylic acid groups (broad SMARTS) is 2. The van der Waals surface area contributed by atoms with Crippen LogP contribution in [-0.4, -0.2) is 70.0 Å². The van der Waals surface area contributed by atoms with Crippen molar-refractivity contribution in [1.82, 2.24) is 5.32 Å². The van der Waals surface area contributed by atoms with Crippen LogP contribution in [0.5, 0.6) is 0 Å². The third kappa shape index (κ3) is 6.77. The van der Waals surface area contributed by atoms with Gasteiger partial charge in [0.2, 0.25) is 6.61 Å². The number of aliphatic hydroxyl groups excluding tert-OH is 1. The van der Waals surface area contributed by atoms with Crippen LogP contribution >= 0.6 is 11.3 Å². The predicted molar refractivity (Wildman–Crippen MR) is 96.2 cm³/mol. The lowest BCUT2D eigenvalue weighted by molar-refractivity contribution is -0.142. The summed E-state index contributed by atoms with van der Waals surface area (Å²) in [6, 6.07) is 3.39. The predicted octanol–water partition coefficient (Wildman–Crippen LogP) is -0.331. The van der Waals surface area contributed by atoms with Gasteiger partial charge in [-0.25, -0.2) is 4.79 Å². The summed E-state index contributed by atoms with van der Waals surface area (Å²) >= 11 is 1.26. The van der Waals surface area contributed by atoms with Gasteiger partial charge >= 0.3 is 19.1 Å². The molecule has 1 aromatic rings. The third-order valence-corrected chi connectivity index (χ3v) is 4.42. The van der Waals surface area contributed by atoms with Gasteiger partial charge in [0.1, 0.15) is 5.71 Å². The van der Waals surface area contributed by atoms with Crippen molar-refractivity contribution in [1.29, 1.82) is 0 Å². The van der Waals surface area contributed by atoms with Gasteiger partial charge in [-0.15, -0.1) is 11.3 Å². The third-order valence-electron chi connectivity index (χ3n) is 3.53. The van der Waals surface area contributed by atoms with E-state index >= 15 is 0 Å². The summed E-state index contributed by atoms with van der Waals surface area (Å²) in [4.78, 5) is 26.6. The number of nitrogens with one attached hydrogen (secondary N) is 1. The van der Waals surface area contributed by atoms with E-state index in [-0.39, 0.29) is 18.6 Å². The van der Waals surface area contributed by atoms with Crippen molar-refractivity contribution < 1.29 is 39.4 Å². The fourth-order valence-corrected chi connectivity index (χ4v) is 3.07. The summed E-state index contributed by atoms with van der Waals surface area (Å²) in [5, 5.41) is 46.3. The van der Waals surface area contributed by atoms with E-state index in [9.17, 15) is 19.7 Å². The van der Waals surface area contributed by atoms with Crippen molar-refractivity contribution in [3.63, 3.8) is 0 Å². The van der Waals surface area contributed by atoms with E-state index in [1.54, 1.807) is 23.6 Å². The summed E-state index contributed by atoms with van der Waals surface area (Å²) in [7, 11) is -1.37. The van der Waals surface area contributed by atoms with E-state index in [0.717, 1.165) is 0 Å². The average molecular weight is 398 g/mol. The minimum Gasteiger partial charge on any atom is -0.481 e. The van der Waals surface area contributed by atoms with E-state index < -0.39 is 43.9 Å². The van der Waals surface area contributed by atoms with E-state index in [4.69, 9.17) is 19.7 Å². The molecular formula is C15H19BN2O8S. The first kappa shape index (κ1) is 21.1. The number of oxime groups is 1. The van der Waals surface area contributed by atoms with Crippen LogP contribution < -0.4 is 5.32 Å². The Hall–Kier alpha value is -2.25. The highest BCUT2D eigenvalue weighted by Crippen LogP contribution is 2.16. The van der Waals surface area contributed by atoms with Crippen LogP contribution in [0.2, 0.25) is 0 Å². The lowest BCUT2D eigenvalue weighted by atomic mass is 9.77. The summed E-state index contributed by atoms with van der Waals surface area (Å²) in [5.41, 5.74) is 0.0498. The minimum atomic E-state index is -1.38. The first-order valence-corrected chi connectivity index (χ1v) is 8.86. The Bertz CT molecular complexity index is 696. The summed E-state index contributed by atoms with van der Waals surface area (Å²) in [6.45, 7) is -0.670. The number of aliphatic carboxylic acids is 2. The molecule has 0 aliphatic carbocycles. The molecule has 27 heavy (non-hydrogen) atoms. The second-order valence-electron chi connectivity index (χ2n) is 5.62. The zero-order valence-corrected chi connectivity index (χ0v) is 14.9. The first-order chi connectivity index (χ1) is 12.9. The Kier molecular flexibility index (Phi) is 7.94. The van der Waals surface area contributed by atoms with Crippen molar-refractivity contribution in [3.05, 3.63) is 34.5 Å². The Morgan fingerprint density at radius 3 is 2.85 bits per heavy atom. The Labute approximate surface area is 158 Å². The molecule has 0 bridgehead atoms. The zero-order chi connectivity index (χ0) is 19.8. The first-order valence-electron chi connectivity index (χ1n) is 7.98. The van der Waals surface area contributed by atoms with E-state index in [2.05, 4.69) is 10.5 Å². The SMILES string of the molecule is O=C(O)CO/N=C(\c1cccs1)C(O)N[C@H]1CC=C[C@H](CC(=O)O)OB1O. The van der Waals surface area contributed by atoms with Crippen molar-refractivity contribution in [3.8, 4) is 0 Å². The van der Waals surface area contributed by atoms with Gasteiger partial charge in [0, 0.05) is 5.94 Å². The van der Waals surface area contributed by atoms with Gasteiger partial charge < -0.3 is 29.8 Å². The maximum atomic E-state index is 10.8. The van der Waals surface area contributed by atoms with Gasteiger partial charge in [-0.2, -0.15) is 0 Å². The Balaban J connectivity index is 2.05. The van der Waals surface area contributed by atoms with E-state index in [0.29, 0.717) is 4.88 Å². The summed E-state index contributed by atoms with van der Waals surface area (Å²) in [6.07, 6.45) is 0.985. The largest absolute Gasteiger partial charge is 0.481 e. The smallest absolute Gasteiger partial charge is 0.473 e. The number of carboxylic acids is 2. The molecule has 2 heterocycles. The zero-order valence-electron chi connectivity index (χ0n) is 14.1. The Morgan fingerprint density at radius 1 is 1.44 bits per heavy atom. The monoisotopic (exact) mass is 398 g/mol. The number of aliphatic hydroxyl groups is 1. The van der Waals surface area contributed by atoms with Crippen molar-refractivity contribution in [2.45, 2.75) is 31.1 Å². The molecule has 0 spiro atoms. The molecule has 0 saturated carbocycles. The van der Waals surface area contributed by atoms with Gasteiger partial charge in [-0.3, -0.25) is 10.1 Å². The second-order valence-corrected chi connectivity index (χ2v) is 6.57. The molecule has 1 aliphatic heterocycles. The number of rotatable bonds is 9. The highest BCUT2D eigenvalue weighted by molar-refractivity contribution is 7.12. The van der Waals surface area contributed by atoms with Gasteiger partial charge in [0.05, 0.1) is 17.4 Å². The van der Waals surface area contributed by atoms with Gasteiger partial charge in [-0.1, -0.05) is 23.4 Å². The molecule has 1 aromatic heterocycles. The highest BCUT2D eigenvalue weighted by atomic mass is 32.1. The second kappa shape index (κ2) is 10.2. The van der Waals surface area contributed by atoms with Crippen LogP contribution in [0.4, 0.5) is 0 Å². The van der Waals surface area contributed by atoms with Gasteiger partial charge in [-0.05, 0) is 17.9 Å². The summed E-state index contributed by atoms with van der Waals surface area (Å²) < 4.78 is 5.29. The quantitative estimate of drug-likeness (QED) is 0.123. The van der Waals surface area contributed by atoms with Crippen molar-refractivity contribution >= 4 is 36.1 Å². The van der Waals surface area contributed by atoms with Gasteiger partial charge in [0.25, 0.3) is 0 Å². The number of hydrogen-bond donors (Lipinski definition) is 5. The van der Waals surface area contributed by atoms with Crippen LogP contribution in [0.1, 0.15) is 17.7 Å². The number of thiophene rings is 1. The van der Waals surface area contributed by atoms with Crippen LogP contribution in [-0.2, 0) is 19.1 Å². The van der Waals surface area contributed by atoms with Crippen LogP contribution in [0, 0.1) is 0 Å².